The lowest BCUT2D eigenvalue weighted by Crippen LogP contribution is -2.39. The number of aliphatic hydroxyl groups excluding tert-OH is 1. The standard InChI is InChI=1S/C12H10O4/c1-6(13)12-10(15)8-5-3-2-4-7(8)9(14)11(12)16-12/h2-5,10-11,15H,1H3/t10-,11+,12-/m1/s1. The van der Waals surface area contributed by atoms with E-state index in [0.717, 1.165) is 0 Å². The third kappa shape index (κ3) is 0.911. The van der Waals surface area contributed by atoms with Gasteiger partial charge in [-0.05, 0) is 12.5 Å². The van der Waals surface area contributed by atoms with Gasteiger partial charge in [-0.3, -0.25) is 9.59 Å². The zero-order valence-corrected chi connectivity index (χ0v) is 8.64. The first-order valence-electron chi connectivity index (χ1n) is 5.09. The van der Waals surface area contributed by atoms with Crippen LogP contribution in [-0.2, 0) is 9.53 Å². The number of carbonyl (C=O) groups is 2. The van der Waals surface area contributed by atoms with Crippen LogP contribution in [0, 0.1) is 0 Å². The minimum atomic E-state index is -1.31. The number of benzene rings is 1. The van der Waals surface area contributed by atoms with Crippen molar-refractivity contribution in [2.45, 2.75) is 24.7 Å². The highest BCUT2D eigenvalue weighted by Gasteiger charge is 2.71. The fourth-order valence-corrected chi connectivity index (χ4v) is 2.41. The number of ether oxygens (including phenoxy) is 1. The molecule has 16 heavy (non-hydrogen) atoms. The van der Waals surface area contributed by atoms with Crippen molar-refractivity contribution in [3.8, 4) is 0 Å². The van der Waals surface area contributed by atoms with E-state index < -0.39 is 17.8 Å². The van der Waals surface area contributed by atoms with E-state index in [1.807, 2.05) is 0 Å². The van der Waals surface area contributed by atoms with Gasteiger partial charge in [0.05, 0.1) is 0 Å². The molecule has 1 aromatic rings. The molecule has 0 bridgehead atoms. The smallest absolute Gasteiger partial charge is 0.195 e. The molecule has 1 heterocycles. The summed E-state index contributed by atoms with van der Waals surface area (Å²) in [5.74, 6) is -0.510. The average molecular weight is 218 g/mol. The van der Waals surface area contributed by atoms with E-state index in [1.54, 1.807) is 24.3 Å². The summed E-state index contributed by atoms with van der Waals surface area (Å²) < 4.78 is 5.18. The summed E-state index contributed by atoms with van der Waals surface area (Å²) in [6, 6.07) is 6.76. The van der Waals surface area contributed by atoms with Crippen molar-refractivity contribution in [2.24, 2.45) is 0 Å². The van der Waals surface area contributed by atoms with E-state index >= 15 is 0 Å². The number of rotatable bonds is 1. The van der Waals surface area contributed by atoms with Gasteiger partial charge in [-0.25, -0.2) is 0 Å². The maximum Gasteiger partial charge on any atom is 0.195 e. The minimum absolute atomic E-state index is 0.212. The summed E-state index contributed by atoms with van der Waals surface area (Å²) >= 11 is 0. The fourth-order valence-electron chi connectivity index (χ4n) is 2.41. The first-order chi connectivity index (χ1) is 7.59. The predicted octanol–water partition coefficient (Wildman–Crippen LogP) is 0.643. The Labute approximate surface area is 91.8 Å². The van der Waals surface area contributed by atoms with Gasteiger partial charge in [0, 0.05) is 5.56 Å². The van der Waals surface area contributed by atoms with Crippen molar-refractivity contribution in [1.82, 2.24) is 0 Å². The van der Waals surface area contributed by atoms with Gasteiger partial charge in [-0.1, -0.05) is 24.3 Å². The summed E-state index contributed by atoms with van der Waals surface area (Å²) in [6.45, 7) is 1.34. The first kappa shape index (κ1) is 9.69. The first-order valence-corrected chi connectivity index (χ1v) is 5.09. The highest BCUT2D eigenvalue weighted by Crippen LogP contribution is 2.53. The molecule has 1 fully saturated rings. The number of hydrogen-bond donors (Lipinski definition) is 1. The molecule has 0 unspecified atom stereocenters. The lowest BCUT2D eigenvalue weighted by atomic mass is 9.79. The topological polar surface area (TPSA) is 66.9 Å². The van der Waals surface area contributed by atoms with Gasteiger partial charge in [0.1, 0.15) is 6.10 Å². The molecule has 0 spiro atoms. The van der Waals surface area contributed by atoms with Crippen LogP contribution < -0.4 is 0 Å². The Morgan fingerprint density at radius 3 is 2.81 bits per heavy atom. The predicted molar refractivity (Wildman–Crippen MR) is 54.0 cm³/mol. The van der Waals surface area contributed by atoms with E-state index in [-0.39, 0.29) is 11.6 Å². The Balaban J connectivity index is 2.19. The number of Topliss-reactive ketones (excluding diaryl/α,β-unsaturated/α-hetero) is 2. The molecule has 0 radical (unpaired) electrons. The SMILES string of the molecule is CC(=O)[C@]12O[C@H]1C(=O)c1ccccc1[C@H]2O. The van der Waals surface area contributed by atoms with E-state index in [9.17, 15) is 14.7 Å². The number of ketones is 2. The van der Waals surface area contributed by atoms with E-state index in [0.29, 0.717) is 11.1 Å². The van der Waals surface area contributed by atoms with Gasteiger partial charge in [-0.15, -0.1) is 0 Å². The molecule has 1 aliphatic heterocycles. The molecule has 3 rings (SSSR count). The molecule has 1 saturated heterocycles. The Morgan fingerprint density at radius 2 is 2.12 bits per heavy atom. The van der Waals surface area contributed by atoms with Gasteiger partial charge in [0.15, 0.2) is 23.3 Å². The van der Waals surface area contributed by atoms with Gasteiger partial charge in [0.2, 0.25) is 0 Å². The largest absolute Gasteiger partial charge is 0.385 e. The monoisotopic (exact) mass is 218 g/mol. The molecule has 4 heteroatoms. The molecule has 3 atom stereocenters. The number of epoxide rings is 1. The van der Waals surface area contributed by atoms with Crippen LogP contribution in [0.1, 0.15) is 28.9 Å². The van der Waals surface area contributed by atoms with Gasteiger partial charge in [0.25, 0.3) is 0 Å². The molecule has 1 aliphatic carbocycles. The molecule has 1 N–H and O–H groups in total. The van der Waals surface area contributed by atoms with Crippen LogP contribution in [0.2, 0.25) is 0 Å². The Kier molecular flexibility index (Phi) is 1.68. The Morgan fingerprint density at radius 1 is 1.44 bits per heavy atom. The van der Waals surface area contributed by atoms with Crippen LogP contribution in [0.25, 0.3) is 0 Å². The molecular weight excluding hydrogens is 208 g/mol. The van der Waals surface area contributed by atoms with Crippen molar-refractivity contribution in [3.63, 3.8) is 0 Å². The van der Waals surface area contributed by atoms with Crippen molar-refractivity contribution < 1.29 is 19.4 Å². The normalized spacial score (nSPS) is 35.2. The van der Waals surface area contributed by atoms with Gasteiger partial charge >= 0.3 is 0 Å². The zero-order chi connectivity index (χ0) is 11.5. The maximum atomic E-state index is 11.9. The fraction of sp³-hybridized carbons (Fsp3) is 0.333. The van der Waals surface area contributed by atoms with Crippen LogP contribution in [0.15, 0.2) is 24.3 Å². The number of hydrogen-bond acceptors (Lipinski definition) is 4. The second kappa shape index (κ2) is 2.78. The third-order valence-corrected chi connectivity index (χ3v) is 3.36. The summed E-state index contributed by atoms with van der Waals surface area (Å²) in [6.07, 6.45) is -1.83. The van der Waals surface area contributed by atoms with Crippen LogP contribution >= 0.6 is 0 Å². The number of carbonyl (C=O) groups excluding carboxylic acids is 2. The molecule has 4 nitrogen and oxygen atoms in total. The van der Waals surface area contributed by atoms with Gasteiger partial charge in [-0.2, -0.15) is 0 Å². The Bertz CT molecular complexity index is 507. The molecule has 0 saturated carbocycles. The van der Waals surface area contributed by atoms with E-state index in [1.165, 1.54) is 6.92 Å². The van der Waals surface area contributed by atoms with Crippen molar-refractivity contribution in [2.75, 3.05) is 0 Å². The summed E-state index contributed by atoms with van der Waals surface area (Å²) in [5.41, 5.74) is -0.378. The average Bonchev–Trinajstić information content (AvgIpc) is 3.03. The molecule has 1 aromatic carbocycles. The quantitative estimate of drug-likeness (QED) is 0.702. The van der Waals surface area contributed by atoms with Crippen molar-refractivity contribution in [1.29, 1.82) is 0 Å². The van der Waals surface area contributed by atoms with Crippen LogP contribution in [0.5, 0.6) is 0 Å². The minimum Gasteiger partial charge on any atom is -0.385 e. The number of fused-ring (bicyclic) bond motifs is 2. The molecule has 82 valence electrons. The molecular formula is C12H10O4. The van der Waals surface area contributed by atoms with Crippen LogP contribution in [0.3, 0.4) is 0 Å². The highest BCUT2D eigenvalue weighted by molar-refractivity contribution is 6.11. The number of aliphatic hydroxyl groups is 1. The van der Waals surface area contributed by atoms with Crippen molar-refractivity contribution >= 4 is 11.6 Å². The summed E-state index contributed by atoms with van der Waals surface area (Å²) in [4.78, 5) is 23.4. The van der Waals surface area contributed by atoms with E-state index in [4.69, 9.17) is 4.74 Å². The lowest BCUT2D eigenvalue weighted by Gasteiger charge is -2.23. The maximum absolute atomic E-state index is 11.9. The molecule has 2 aliphatic rings. The zero-order valence-electron chi connectivity index (χ0n) is 8.64. The van der Waals surface area contributed by atoms with Crippen molar-refractivity contribution in [3.05, 3.63) is 35.4 Å². The summed E-state index contributed by atoms with van der Waals surface area (Å²) in [7, 11) is 0. The van der Waals surface area contributed by atoms with Crippen LogP contribution in [-0.4, -0.2) is 28.4 Å². The van der Waals surface area contributed by atoms with E-state index in [2.05, 4.69) is 0 Å². The lowest BCUT2D eigenvalue weighted by molar-refractivity contribution is -0.126. The second-order valence-corrected chi connectivity index (χ2v) is 4.20. The third-order valence-electron chi connectivity index (χ3n) is 3.36. The van der Waals surface area contributed by atoms with Crippen LogP contribution in [0.4, 0.5) is 0 Å². The van der Waals surface area contributed by atoms with Gasteiger partial charge < -0.3 is 9.84 Å². The highest BCUT2D eigenvalue weighted by atomic mass is 16.6. The second-order valence-electron chi connectivity index (χ2n) is 4.20. The molecule has 0 amide bonds. The molecule has 0 aromatic heterocycles. The summed E-state index contributed by atoms with van der Waals surface area (Å²) in [5, 5.41) is 10.1. The Hall–Kier alpha value is -1.52.